The lowest BCUT2D eigenvalue weighted by Gasteiger charge is -2.13. The van der Waals surface area contributed by atoms with Crippen molar-refractivity contribution in [3.05, 3.63) is 34.3 Å². The van der Waals surface area contributed by atoms with Crippen molar-refractivity contribution < 1.29 is 18.0 Å². The molecule has 0 aliphatic heterocycles. The minimum absolute atomic E-state index is 0.0627. The zero-order valence-electron chi connectivity index (χ0n) is 10.1. The van der Waals surface area contributed by atoms with Crippen LogP contribution in [0.25, 0.3) is 0 Å². The highest BCUT2D eigenvalue weighted by atomic mass is 35.5. The van der Waals surface area contributed by atoms with Gasteiger partial charge in [0.2, 0.25) is 0 Å². The fourth-order valence-electron chi connectivity index (χ4n) is 1.74. The number of halogens is 4. The van der Waals surface area contributed by atoms with Crippen LogP contribution >= 0.6 is 11.6 Å². The van der Waals surface area contributed by atoms with Gasteiger partial charge in [0, 0.05) is 11.5 Å². The summed E-state index contributed by atoms with van der Waals surface area (Å²) in [6, 6.07) is 3.29. The lowest BCUT2D eigenvalue weighted by Crippen LogP contribution is -2.13. The molecule has 0 radical (unpaired) electrons. The minimum Gasteiger partial charge on any atom is -0.294 e. The molecule has 0 aromatic heterocycles. The summed E-state index contributed by atoms with van der Waals surface area (Å²) in [6.45, 7) is 3.64. The van der Waals surface area contributed by atoms with E-state index in [2.05, 4.69) is 0 Å². The van der Waals surface area contributed by atoms with E-state index in [-0.39, 0.29) is 22.3 Å². The van der Waals surface area contributed by atoms with Crippen LogP contribution in [0.5, 0.6) is 0 Å². The molecule has 100 valence electrons. The van der Waals surface area contributed by atoms with Crippen molar-refractivity contribution in [2.24, 2.45) is 5.92 Å². The van der Waals surface area contributed by atoms with Gasteiger partial charge in [-0.1, -0.05) is 31.9 Å². The standard InChI is InChI=1S/C13H14ClF3O/c1-3-4-8(2)12(18)9-5-6-11(14)10(7-9)13(15,16)17/h5-8H,3-4H2,1-2H3. The normalized spacial score (nSPS) is 13.4. The molecule has 0 fully saturated rings. The van der Waals surface area contributed by atoms with Gasteiger partial charge < -0.3 is 0 Å². The average Bonchev–Trinajstić information content (AvgIpc) is 2.27. The molecule has 1 nitrogen and oxygen atoms in total. The first kappa shape index (κ1) is 15.0. The molecular weight excluding hydrogens is 265 g/mol. The molecule has 1 unspecified atom stereocenters. The van der Waals surface area contributed by atoms with Crippen molar-refractivity contribution in [2.75, 3.05) is 0 Å². The van der Waals surface area contributed by atoms with Crippen LogP contribution in [0.1, 0.15) is 42.6 Å². The fraction of sp³-hybridized carbons (Fsp3) is 0.462. The van der Waals surface area contributed by atoms with Crippen molar-refractivity contribution >= 4 is 17.4 Å². The van der Waals surface area contributed by atoms with Gasteiger partial charge in [-0.3, -0.25) is 4.79 Å². The molecular formula is C13H14ClF3O. The highest BCUT2D eigenvalue weighted by Crippen LogP contribution is 2.35. The monoisotopic (exact) mass is 278 g/mol. The molecule has 0 aliphatic carbocycles. The van der Waals surface area contributed by atoms with Crippen LogP contribution in [-0.2, 0) is 6.18 Å². The summed E-state index contributed by atoms with van der Waals surface area (Å²) in [5.41, 5.74) is -0.897. The molecule has 1 rings (SSSR count). The molecule has 0 spiro atoms. The summed E-state index contributed by atoms with van der Waals surface area (Å²) in [5, 5.41) is -0.387. The second-order valence-electron chi connectivity index (χ2n) is 4.25. The van der Waals surface area contributed by atoms with E-state index in [4.69, 9.17) is 11.6 Å². The Balaban J connectivity index is 3.09. The number of hydrogen-bond acceptors (Lipinski definition) is 1. The smallest absolute Gasteiger partial charge is 0.294 e. The highest BCUT2D eigenvalue weighted by Gasteiger charge is 2.34. The molecule has 0 amide bonds. The largest absolute Gasteiger partial charge is 0.417 e. The summed E-state index contributed by atoms with van der Waals surface area (Å²) < 4.78 is 37.9. The van der Waals surface area contributed by atoms with Crippen molar-refractivity contribution in [1.29, 1.82) is 0 Å². The predicted octanol–water partition coefficient (Wildman–Crippen LogP) is 4.98. The van der Waals surface area contributed by atoms with Gasteiger partial charge in [-0.05, 0) is 24.6 Å². The number of Topliss-reactive ketones (excluding diaryl/α,β-unsaturated/α-hetero) is 1. The third-order valence-electron chi connectivity index (χ3n) is 2.73. The van der Waals surface area contributed by atoms with Gasteiger partial charge in [-0.25, -0.2) is 0 Å². The summed E-state index contributed by atoms with van der Waals surface area (Å²) in [7, 11) is 0. The number of rotatable bonds is 4. The van der Waals surface area contributed by atoms with E-state index in [0.717, 1.165) is 18.6 Å². The first-order valence-electron chi connectivity index (χ1n) is 5.68. The Morgan fingerprint density at radius 2 is 2.00 bits per heavy atom. The Kier molecular flexibility index (Phi) is 4.79. The van der Waals surface area contributed by atoms with Crippen LogP contribution in [0.3, 0.4) is 0 Å². The Bertz CT molecular complexity index is 440. The van der Waals surface area contributed by atoms with Gasteiger partial charge in [0.15, 0.2) is 5.78 Å². The van der Waals surface area contributed by atoms with E-state index in [1.165, 1.54) is 6.07 Å². The molecule has 0 bridgehead atoms. The third-order valence-corrected chi connectivity index (χ3v) is 3.06. The van der Waals surface area contributed by atoms with E-state index < -0.39 is 11.7 Å². The summed E-state index contributed by atoms with van der Waals surface area (Å²) in [6.07, 6.45) is -3.07. The van der Waals surface area contributed by atoms with Gasteiger partial charge in [0.05, 0.1) is 10.6 Å². The van der Waals surface area contributed by atoms with E-state index in [0.29, 0.717) is 6.42 Å². The zero-order valence-corrected chi connectivity index (χ0v) is 10.9. The van der Waals surface area contributed by atoms with Crippen molar-refractivity contribution in [1.82, 2.24) is 0 Å². The Hall–Kier alpha value is -1.03. The summed E-state index contributed by atoms with van der Waals surface area (Å²) >= 11 is 5.49. The number of benzene rings is 1. The Morgan fingerprint density at radius 3 is 2.50 bits per heavy atom. The van der Waals surface area contributed by atoms with Gasteiger partial charge in [0.1, 0.15) is 0 Å². The molecule has 0 heterocycles. The van der Waals surface area contributed by atoms with Crippen LogP contribution in [0, 0.1) is 5.92 Å². The van der Waals surface area contributed by atoms with Crippen molar-refractivity contribution in [3.8, 4) is 0 Å². The maximum absolute atomic E-state index is 12.6. The third kappa shape index (κ3) is 3.48. The minimum atomic E-state index is -4.54. The molecule has 0 saturated heterocycles. The number of carbonyl (C=O) groups excluding carboxylic acids is 1. The molecule has 1 aromatic carbocycles. The van der Waals surface area contributed by atoms with Crippen LogP contribution in [0.2, 0.25) is 5.02 Å². The highest BCUT2D eigenvalue weighted by molar-refractivity contribution is 6.31. The van der Waals surface area contributed by atoms with Gasteiger partial charge in [0.25, 0.3) is 0 Å². The first-order valence-corrected chi connectivity index (χ1v) is 6.06. The number of ketones is 1. The predicted molar refractivity (Wildman–Crippen MR) is 64.9 cm³/mol. The maximum Gasteiger partial charge on any atom is 0.417 e. The second kappa shape index (κ2) is 5.74. The Morgan fingerprint density at radius 1 is 1.39 bits per heavy atom. The topological polar surface area (TPSA) is 17.1 Å². The van der Waals surface area contributed by atoms with Crippen LogP contribution in [-0.4, -0.2) is 5.78 Å². The summed E-state index contributed by atoms with van der Waals surface area (Å²) in [4.78, 5) is 11.9. The molecule has 0 aliphatic rings. The molecule has 5 heteroatoms. The van der Waals surface area contributed by atoms with Crippen LogP contribution in [0.15, 0.2) is 18.2 Å². The van der Waals surface area contributed by atoms with E-state index >= 15 is 0 Å². The first-order chi connectivity index (χ1) is 8.27. The van der Waals surface area contributed by atoms with Gasteiger partial charge in [-0.15, -0.1) is 0 Å². The molecule has 0 N–H and O–H groups in total. The van der Waals surface area contributed by atoms with E-state index in [1.54, 1.807) is 6.92 Å². The number of hydrogen-bond donors (Lipinski definition) is 0. The van der Waals surface area contributed by atoms with Crippen molar-refractivity contribution in [2.45, 2.75) is 32.9 Å². The average molecular weight is 279 g/mol. The SMILES string of the molecule is CCCC(C)C(=O)c1ccc(Cl)c(C(F)(F)F)c1. The lowest BCUT2D eigenvalue weighted by atomic mass is 9.94. The van der Waals surface area contributed by atoms with Gasteiger partial charge in [-0.2, -0.15) is 13.2 Å². The quantitative estimate of drug-likeness (QED) is 0.710. The number of alkyl halides is 3. The van der Waals surface area contributed by atoms with Crippen LogP contribution in [0.4, 0.5) is 13.2 Å². The van der Waals surface area contributed by atoms with Gasteiger partial charge >= 0.3 is 6.18 Å². The molecule has 1 atom stereocenters. The van der Waals surface area contributed by atoms with E-state index in [9.17, 15) is 18.0 Å². The Labute approximate surface area is 109 Å². The second-order valence-corrected chi connectivity index (χ2v) is 4.65. The molecule has 1 aromatic rings. The maximum atomic E-state index is 12.6. The van der Waals surface area contributed by atoms with E-state index in [1.807, 2.05) is 6.92 Å². The van der Waals surface area contributed by atoms with Crippen LogP contribution < -0.4 is 0 Å². The molecule has 18 heavy (non-hydrogen) atoms. The number of carbonyl (C=O) groups is 1. The lowest BCUT2D eigenvalue weighted by molar-refractivity contribution is -0.137. The summed E-state index contributed by atoms with van der Waals surface area (Å²) in [5.74, 6) is -0.559. The fourth-order valence-corrected chi connectivity index (χ4v) is 1.97. The molecule has 0 saturated carbocycles. The zero-order chi connectivity index (χ0) is 13.9. The van der Waals surface area contributed by atoms with Crippen molar-refractivity contribution in [3.63, 3.8) is 0 Å².